The standard InChI is InChI=1S/C14H13ClFN/c1-10-2-4-11(5-3-10)9-17-14-7-12(15)6-13(16)8-14/h2-8,17H,9H2,1H3. The lowest BCUT2D eigenvalue weighted by Gasteiger charge is -2.07. The smallest absolute Gasteiger partial charge is 0.126 e. The lowest BCUT2D eigenvalue weighted by molar-refractivity contribution is 0.628. The van der Waals surface area contributed by atoms with E-state index < -0.39 is 0 Å². The Balaban J connectivity index is 2.04. The summed E-state index contributed by atoms with van der Waals surface area (Å²) in [7, 11) is 0. The molecule has 2 aromatic rings. The first-order valence-electron chi connectivity index (χ1n) is 5.39. The zero-order chi connectivity index (χ0) is 12.3. The number of nitrogens with one attached hydrogen (secondary N) is 1. The van der Waals surface area contributed by atoms with Gasteiger partial charge in [0.25, 0.3) is 0 Å². The van der Waals surface area contributed by atoms with Gasteiger partial charge in [0.15, 0.2) is 0 Å². The van der Waals surface area contributed by atoms with Gasteiger partial charge in [-0.15, -0.1) is 0 Å². The molecule has 0 saturated heterocycles. The Bertz CT molecular complexity index is 488. The molecule has 1 N–H and O–H groups in total. The molecule has 0 unspecified atom stereocenters. The minimum absolute atomic E-state index is 0.330. The number of hydrogen-bond acceptors (Lipinski definition) is 1. The Morgan fingerprint density at radius 2 is 1.82 bits per heavy atom. The molecule has 2 rings (SSSR count). The molecule has 0 radical (unpaired) electrons. The van der Waals surface area contributed by atoms with Crippen LogP contribution in [-0.4, -0.2) is 0 Å². The number of hydrogen-bond donors (Lipinski definition) is 1. The molecular formula is C14H13ClFN. The van der Waals surface area contributed by atoms with E-state index in [1.54, 1.807) is 6.07 Å². The summed E-state index contributed by atoms with van der Waals surface area (Å²) in [6, 6.07) is 12.6. The fourth-order valence-electron chi connectivity index (χ4n) is 1.57. The largest absolute Gasteiger partial charge is 0.381 e. The minimum atomic E-state index is -0.330. The van der Waals surface area contributed by atoms with Crippen LogP contribution in [-0.2, 0) is 6.54 Å². The van der Waals surface area contributed by atoms with E-state index in [0.29, 0.717) is 17.3 Å². The monoisotopic (exact) mass is 249 g/mol. The fourth-order valence-corrected chi connectivity index (χ4v) is 1.79. The Kier molecular flexibility index (Phi) is 3.64. The van der Waals surface area contributed by atoms with E-state index in [9.17, 15) is 4.39 Å². The molecule has 0 atom stereocenters. The molecule has 2 aromatic carbocycles. The van der Waals surface area contributed by atoms with E-state index in [0.717, 1.165) is 5.56 Å². The summed E-state index contributed by atoms with van der Waals surface area (Å²) >= 11 is 5.77. The van der Waals surface area contributed by atoms with Crippen LogP contribution in [0.3, 0.4) is 0 Å². The Labute approximate surface area is 105 Å². The predicted molar refractivity (Wildman–Crippen MR) is 69.9 cm³/mol. The normalized spacial score (nSPS) is 10.3. The van der Waals surface area contributed by atoms with Crippen LogP contribution in [0, 0.1) is 12.7 Å². The van der Waals surface area contributed by atoms with Gasteiger partial charge in [0, 0.05) is 17.3 Å². The van der Waals surface area contributed by atoms with Crippen molar-refractivity contribution in [3.8, 4) is 0 Å². The summed E-state index contributed by atoms with van der Waals surface area (Å²) in [5, 5.41) is 3.54. The molecule has 0 saturated carbocycles. The van der Waals surface area contributed by atoms with E-state index in [-0.39, 0.29) is 5.82 Å². The lowest BCUT2D eigenvalue weighted by Crippen LogP contribution is -1.99. The number of anilines is 1. The quantitative estimate of drug-likeness (QED) is 0.850. The van der Waals surface area contributed by atoms with Crippen molar-refractivity contribution < 1.29 is 4.39 Å². The highest BCUT2D eigenvalue weighted by Gasteiger charge is 1.99. The SMILES string of the molecule is Cc1ccc(CNc2cc(F)cc(Cl)c2)cc1. The first kappa shape index (κ1) is 11.9. The van der Waals surface area contributed by atoms with Gasteiger partial charge in [0.05, 0.1) is 0 Å². The summed E-state index contributed by atoms with van der Waals surface area (Å²) in [4.78, 5) is 0. The molecule has 0 aliphatic heterocycles. The fraction of sp³-hybridized carbons (Fsp3) is 0.143. The summed E-state index contributed by atoms with van der Waals surface area (Å²) in [6.07, 6.45) is 0. The third-order valence-electron chi connectivity index (χ3n) is 2.48. The van der Waals surface area contributed by atoms with Crippen molar-refractivity contribution in [3.63, 3.8) is 0 Å². The van der Waals surface area contributed by atoms with E-state index in [2.05, 4.69) is 17.4 Å². The van der Waals surface area contributed by atoms with Crippen molar-refractivity contribution in [1.29, 1.82) is 0 Å². The van der Waals surface area contributed by atoms with Crippen molar-refractivity contribution in [1.82, 2.24) is 0 Å². The zero-order valence-electron chi connectivity index (χ0n) is 9.50. The van der Waals surface area contributed by atoms with Gasteiger partial charge in [-0.25, -0.2) is 4.39 Å². The molecule has 3 heteroatoms. The molecule has 0 amide bonds. The summed E-state index contributed by atoms with van der Waals surface area (Å²) in [5.41, 5.74) is 3.06. The van der Waals surface area contributed by atoms with Crippen LogP contribution in [0.1, 0.15) is 11.1 Å². The van der Waals surface area contributed by atoms with Gasteiger partial charge < -0.3 is 5.32 Å². The Morgan fingerprint density at radius 3 is 2.47 bits per heavy atom. The van der Waals surface area contributed by atoms with Crippen molar-refractivity contribution in [2.75, 3.05) is 5.32 Å². The number of aryl methyl sites for hydroxylation is 1. The van der Waals surface area contributed by atoms with Gasteiger partial charge in [0.1, 0.15) is 5.82 Å². The van der Waals surface area contributed by atoms with Crippen LogP contribution in [0.5, 0.6) is 0 Å². The maximum absolute atomic E-state index is 13.1. The highest BCUT2D eigenvalue weighted by Crippen LogP contribution is 2.18. The molecular weight excluding hydrogens is 237 g/mol. The molecule has 17 heavy (non-hydrogen) atoms. The molecule has 0 aromatic heterocycles. The molecule has 1 nitrogen and oxygen atoms in total. The highest BCUT2D eigenvalue weighted by molar-refractivity contribution is 6.30. The predicted octanol–water partition coefficient (Wildman–Crippen LogP) is 4.40. The van der Waals surface area contributed by atoms with Gasteiger partial charge in [-0.05, 0) is 30.7 Å². The number of benzene rings is 2. The summed E-state index contributed by atoms with van der Waals surface area (Å²) in [6.45, 7) is 2.70. The van der Waals surface area contributed by atoms with E-state index in [1.807, 2.05) is 19.1 Å². The lowest BCUT2D eigenvalue weighted by atomic mass is 10.1. The van der Waals surface area contributed by atoms with Crippen LogP contribution in [0.2, 0.25) is 5.02 Å². The first-order chi connectivity index (χ1) is 8.13. The summed E-state index contributed by atoms with van der Waals surface area (Å²) in [5.74, 6) is -0.330. The second kappa shape index (κ2) is 5.19. The maximum Gasteiger partial charge on any atom is 0.126 e. The van der Waals surface area contributed by atoms with Crippen molar-refractivity contribution in [2.24, 2.45) is 0 Å². The number of halogens is 2. The van der Waals surface area contributed by atoms with Gasteiger partial charge in [-0.2, -0.15) is 0 Å². The zero-order valence-corrected chi connectivity index (χ0v) is 10.3. The molecule has 0 fully saturated rings. The second-order valence-corrected chi connectivity index (χ2v) is 4.43. The van der Waals surface area contributed by atoms with Crippen LogP contribution in [0.25, 0.3) is 0 Å². The molecule has 0 bridgehead atoms. The average molecular weight is 250 g/mol. The van der Waals surface area contributed by atoms with Crippen molar-refractivity contribution in [3.05, 3.63) is 64.4 Å². The first-order valence-corrected chi connectivity index (χ1v) is 5.77. The molecule has 88 valence electrons. The van der Waals surface area contributed by atoms with Crippen molar-refractivity contribution >= 4 is 17.3 Å². The van der Waals surface area contributed by atoms with Crippen LogP contribution >= 0.6 is 11.6 Å². The average Bonchev–Trinajstić information content (AvgIpc) is 2.27. The second-order valence-electron chi connectivity index (χ2n) is 4.00. The topological polar surface area (TPSA) is 12.0 Å². The minimum Gasteiger partial charge on any atom is -0.381 e. The van der Waals surface area contributed by atoms with E-state index >= 15 is 0 Å². The number of rotatable bonds is 3. The molecule has 0 aliphatic rings. The Morgan fingerprint density at radius 1 is 1.12 bits per heavy atom. The third-order valence-corrected chi connectivity index (χ3v) is 2.70. The Hall–Kier alpha value is -1.54. The van der Waals surface area contributed by atoms with E-state index in [4.69, 9.17) is 11.6 Å². The van der Waals surface area contributed by atoms with Crippen LogP contribution in [0.4, 0.5) is 10.1 Å². The van der Waals surface area contributed by atoms with Gasteiger partial charge in [-0.1, -0.05) is 41.4 Å². The van der Waals surface area contributed by atoms with Gasteiger partial charge in [-0.3, -0.25) is 0 Å². The van der Waals surface area contributed by atoms with E-state index in [1.165, 1.54) is 17.7 Å². The van der Waals surface area contributed by atoms with Gasteiger partial charge in [0.2, 0.25) is 0 Å². The van der Waals surface area contributed by atoms with Crippen molar-refractivity contribution in [2.45, 2.75) is 13.5 Å². The molecule has 0 heterocycles. The summed E-state index contributed by atoms with van der Waals surface area (Å²) < 4.78 is 13.1. The third kappa shape index (κ3) is 3.46. The molecule has 0 spiro atoms. The van der Waals surface area contributed by atoms with Gasteiger partial charge >= 0.3 is 0 Å². The molecule has 0 aliphatic carbocycles. The van der Waals surface area contributed by atoms with Crippen LogP contribution in [0.15, 0.2) is 42.5 Å². The maximum atomic E-state index is 13.1. The van der Waals surface area contributed by atoms with Crippen LogP contribution < -0.4 is 5.32 Å². The highest BCUT2D eigenvalue weighted by atomic mass is 35.5.